The minimum absolute atomic E-state index is 0.230. The van der Waals surface area contributed by atoms with Gasteiger partial charge in [-0.25, -0.2) is 0 Å². The maximum atomic E-state index is 9.74. The van der Waals surface area contributed by atoms with E-state index in [1.54, 1.807) is 0 Å². The molecule has 1 nitrogen and oxygen atoms in total. The lowest BCUT2D eigenvalue weighted by molar-refractivity contribution is 0.173. The summed E-state index contributed by atoms with van der Waals surface area (Å²) < 4.78 is 0. The Morgan fingerprint density at radius 2 is 1.35 bits per heavy atom. The normalized spacial score (nSPS) is 13.9. The molecule has 0 fully saturated rings. The van der Waals surface area contributed by atoms with Crippen molar-refractivity contribution < 1.29 is 5.11 Å². The second kappa shape index (κ2) is 9.52. The molecule has 0 saturated carbocycles. The molecule has 2 rings (SSSR count). The zero-order chi connectivity index (χ0) is 16.5. The Kier molecular flexibility index (Phi) is 7.35. The predicted octanol–water partition coefficient (Wildman–Crippen LogP) is 5.62. The van der Waals surface area contributed by atoms with E-state index in [0.717, 1.165) is 12.8 Å². The maximum absolute atomic E-state index is 9.74. The van der Waals surface area contributed by atoms with Gasteiger partial charge in [-0.2, -0.15) is 0 Å². The van der Waals surface area contributed by atoms with Crippen LogP contribution >= 0.6 is 0 Å². The van der Waals surface area contributed by atoms with Crippen LogP contribution in [0.25, 0.3) is 0 Å². The Morgan fingerprint density at radius 1 is 0.826 bits per heavy atom. The Hall–Kier alpha value is -1.60. The van der Waals surface area contributed by atoms with Gasteiger partial charge < -0.3 is 5.11 Å². The average Bonchev–Trinajstić information content (AvgIpc) is 2.59. The fraction of sp³-hybridized carbons (Fsp3) is 0.409. The topological polar surface area (TPSA) is 20.2 Å². The molecule has 0 saturated heterocycles. The first-order chi connectivity index (χ1) is 11.2. The van der Waals surface area contributed by atoms with Gasteiger partial charge in [0.1, 0.15) is 0 Å². The van der Waals surface area contributed by atoms with Crippen molar-refractivity contribution >= 4 is 0 Å². The highest BCUT2D eigenvalue weighted by Crippen LogP contribution is 2.36. The summed E-state index contributed by atoms with van der Waals surface area (Å²) in [6.07, 6.45) is 5.29. The Bertz CT molecular complexity index is 493. The molecule has 2 unspecified atom stereocenters. The molecule has 2 atom stereocenters. The quantitative estimate of drug-likeness (QED) is 0.637. The zero-order valence-corrected chi connectivity index (χ0v) is 14.4. The van der Waals surface area contributed by atoms with Crippen molar-refractivity contribution in [1.82, 2.24) is 0 Å². The van der Waals surface area contributed by atoms with Gasteiger partial charge in [-0.05, 0) is 43.2 Å². The highest BCUT2D eigenvalue weighted by Gasteiger charge is 2.25. The number of benzene rings is 2. The summed E-state index contributed by atoms with van der Waals surface area (Å²) in [5.74, 6) is 1.93. The van der Waals surface area contributed by atoms with Gasteiger partial charge in [0.15, 0.2) is 0 Å². The molecule has 0 bridgehead atoms. The van der Waals surface area contributed by atoms with Crippen LogP contribution in [0.15, 0.2) is 60.7 Å². The third-order valence-corrected chi connectivity index (χ3v) is 4.42. The molecule has 23 heavy (non-hydrogen) atoms. The zero-order valence-electron chi connectivity index (χ0n) is 14.4. The summed E-state index contributed by atoms with van der Waals surface area (Å²) in [6.45, 7) is 4.14. The molecule has 0 aliphatic rings. The Balaban J connectivity index is 2.31. The van der Waals surface area contributed by atoms with Crippen LogP contribution in [0.4, 0.5) is 0 Å². The summed E-state index contributed by atoms with van der Waals surface area (Å²) in [6, 6.07) is 21.5. The second-order valence-corrected chi connectivity index (χ2v) is 6.41. The van der Waals surface area contributed by atoms with Gasteiger partial charge in [-0.3, -0.25) is 0 Å². The molecule has 123 valence electrons. The molecular weight excluding hydrogens is 280 g/mol. The van der Waals surface area contributed by atoms with E-state index in [4.69, 9.17) is 0 Å². The molecule has 0 aliphatic heterocycles. The fourth-order valence-corrected chi connectivity index (χ4v) is 3.20. The van der Waals surface area contributed by atoms with Crippen LogP contribution in [0.3, 0.4) is 0 Å². The first-order valence-electron chi connectivity index (χ1n) is 8.88. The number of unbranched alkanes of at least 4 members (excludes halogenated alkanes) is 1. The summed E-state index contributed by atoms with van der Waals surface area (Å²) in [5, 5.41) is 9.74. The second-order valence-electron chi connectivity index (χ2n) is 6.41. The lowest BCUT2D eigenvalue weighted by Crippen LogP contribution is -2.17. The third kappa shape index (κ3) is 5.51. The highest BCUT2D eigenvalue weighted by atomic mass is 16.3. The lowest BCUT2D eigenvalue weighted by Gasteiger charge is -2.28. The molecule has 1 heteroatoms. The molecule has 2 aromatic rings. The molecule has 0 spiro atoms. The van der Waals surface area contributed by atoms with Gasteiger partial charge in [0.05, 0.1) is 6.10 Å². The predicted molar refractivity (Wildman–Crippen MR) is 98.3 cm³/mol. The summed E-state index contributed by atoms with van der Waals surface area (Å²) in [4.78, 5) is 0. The Labute approximate surface area is 141 Å². The van der Waals surface area contributed by atoms with Crippen molar-refractivity contribution in [2.24, 2.45) is 5.92 Å². The van der Waals surface area contributed by atoms with Crippen molar-refractivity contribution in [1.29, 1.82) is 0 Å². The third-order valence-electron chi connectivity index (χ3n) is 4.42. The molecule has 1 radical (unpaired) electrons. The summed E-state index contributed by atoms with van der Waals surface area (Å²) >= 11 is 0. The van der Waals surface area contributed by atoms with Crippen molar-refractivity contribution in [3.05, 3.63) is 77.7 Å². The minimum Gasteiger partial charge on any atom is -0.393 e. The largest absolute Gasteiger partial charge is 0.393 e. The standard InChI is InChI=1S/C22H29O/c1-3-4-11-21(17-16-18(2)23)22(19-12-7-5-8-13-19)20-14-9-6-10-15-20/h5-10,12-15,18,21,23H,3-4,11,16-17H2,1-2H3. The van der Waals surface area contributed by atoms with Gasteiger partial charge in [-0.1, -0.05) is 80.4 Å². The Morgan fingerprint density at radius 3 is 1.78 bits per heavy atom. The van der Waals surface area contributed by atoms with Crippen molar-refractivity contribution in [3.63, 3.8) is 0 Å². The lowest BCUT2D eigenvalue weighted by atomic mass is 9.76. The number of hydrogen-bond donors (Lipinski definition) is 1. The van der Waals surface area contributed by atoms with E-state index in [0.29, 0.717) is 5.92 Å². The smallest absolute Gasteiger partial charge is 0.0512 e. The van der Waals surface area contributed by atoms with Crippen LogP contribution in [-0.4, -0.2) is 11.2 Å². The van der Waals surface area contributed by atoms with Crippen LogP contribution in [0.1, 0.15) is 57.1 Å². The van der Waals surface area contributed by atoms with Gasteiger partial charge >= 0.3 is 0 Å². The summed E-state index contributed by atoms with van der Waals surface area (Å²) in [5.41, 5.74) is 2.62. The van der Waals surface area contributed by atoms with Crippen LogP contribution in [0, 0.1) is 11.8 Å². The average molecular weight is 309 g/mol. The molecule has 0 amide bonds. The monoisotopic (exact) mass is 309 g/mol. The molecular formula is C22H29O. The van der Waals surface area contributed by atoms with Gasteiger partial charge in [0, 0.05) is 5.92 Å². The van der Waals surface area contributed by atoms with Gasteiger partial charge in [0.2, 0.25) is 0 Å². The van der Waals surface area contributed by atoms with Crippen molar-refractivity contribution in [2.45, 2.75) is 52.1 Å². The first kappa shape index (κ1) is 17.7. The highest BCUT2D eigenvalue weighted by molar-refractivity contribution is 5.46. The first-order valence-corrected chi connectivity index (χ1v) is 8.88. The van der Waals surface area contributed by atoms with E-state index >= 15 is 0 Å². The van der Waals surface area contributed by atoms with Crippen LogP contribution in [-0.2, 0) is 0 Å². The van der Waals surface area contributed by atoms with E-state index in [9.17, 15) is 5.11 Å². The van der Waals surface area contributed by atoms with Crippen molar-refractivity contribution in [2.75, 3.05) is 0 Å². The number of rotatable bonds is 9. The van der Waals surface area contributed by atoms with E-state index in [2.05, 4.69) is 67.6 Å². The summed E-state index contributed by atoms with van der Waals surface area (Å²) in [7, 11) is 0. The van der Waals surface area contributed by atoms with E-state index in [1.165, 1.54) is 36.3 Å². The van der Waals surface area contributed by atoms with Crippen LogP contribution < -0.4 is 0 Å². The fourth-order valence-electron chi connectivity index (χ4n) is 3.20. The molecule has 0 aliphatic carbocycles. The molecule has 0 heterocycles. The SMILES string of the molecule is CCCCC(CCC(C)O)[C](c1ccccc1)c1ccccc1. The van der Waals surface area contributed by atoms with Crippen LogP contribution in [0.5, 0.6) is 0 Å². The van der Waals surface area contributed by atoms with Crippen molar-refractivity contribution in [3.8, 4) is 0 Å². The maximum Gasteiger partial charge on any atom is 0.0512 e. The van der Waals surface area contributed by atoms with E-state index in [-0.39, 0.29) is 6.10 Å². The molecule has 1 N–H and O–H groups in total. The van der Waals surface area contributed by atoms with Gasteiger partial charge in [0.25, 0.3) is 0 Å². The number of hydrogen-bond acceptors (Lipinski definition) is 1. The van der Waals surface area contributed by atoms with Crippen LogP contribution in [0.2, 0.25) is 0 Å². The number of aliphatic hydroxyl groups is 1. The van der Waals surface area contributed by atoms with E-state index < -0.39 is 0 Å². The molecule has 0 aromatic heterocycles. The van der Waals surface area contributed by atoms with E-state index in [1.807, 2.05) is 6.92 Å². The minimum atomic E-state index is -0.230. The van der Waals surface area contributed by atoms with Gasteiger partial charge in [-0.15, -0.1) is 0 Å². The number of aliphatic hydroxyl groups excluding tert-OH is 1. The molecule has 2 aromatic carbocycles.